The summed E-state index contributed by atoms with van der Waals surface area (Å²) in [6.07, 6.45) is 5.37. The molecule has 1 fully saturated rings. The summed E-state index contributed by atoms with van der Waals surface area (Å²) in [5, 5.41) is 5.82. The van der Waals surface area contributed by atoms with Gasteiger partial charge in [-0.15, -0.1) is 0 Å². The van der Waals surface area contributed by atoms with Crippen molar-refractivity contribution >= 4 is 39.6 Å². The highest BCUT2D eigenvalue weighted by Crippen LogP contribution is 2.29. The van der Waals surface area contributed by atoms with E-state index in [2.05, 4.69) is 52.5 Å². The van der Waals surface area contributed by atoms with Crippen LogP contribution in [0.1, 0.15) is 31.1 Å². The van der Waals surface area contributed by atoms with E-state index in [0.29, 0.717) is 0 Å². The summed E-state index contributed by atoms with van der Waals surface area (Å²) in [6, 6.07) is 6.32. The van der Waals surface area contributed by atoms with E-state index in [1.54, 1.807) is 0 Å². The number of aromatic nitrogens is 2. The van der Waals surface area contributed by atoms with E-state index in [4.69, 9.17) is 4.74 Å². The van der Waals surface area contributed by atoms with Crippen LogP contribution in [0.5, 0.6) is 0 Å². The van der Waals surface area contributed by atoms with E-state index in [9.17, 15) is 0 Å². The molecule has 0 saturated carbocycles. The first-order valence-electron chi connectivity index (χ1n) is 6.21. The lowest BCUT2D eigenvalue weighted by Gasteiger charge is -2.23. The van der Waals surface area contributed by atoms with Crippen molar-refractivity contribution in [3.8, 4) is 0 Å². The third-order valence-electron chi connectivity index (χ3n) is 3.35. The molecule has 0 aliphatic carbocycles. The summed E-state index contributed by atoms with van der Waals surface area (Å²) in [4.78, 5) is 0. The van der Waals surface area contributed by atoms with E-state index < -0.39 is 0 Å². The Bertz CT molecular complexity index is 585. The molecule has 0 bridgehead atoms. The Hall–Kier alpha value is -0.880. The molecule has 1 saturated heterocycles. The molecule has 1 aromatic heterocycles. The second-order valence-electron chi connectivity index (χ2n) is 4.54. The van der Waals surface area contributed by atoms with Gasteiger partial charge < -0.3 is 4.74 Å². The van der Waals surface area contributed by atoms with Crippen molar-refractivity contribution in [3.05, 3.63) is 34.0 Å². The van der Waals surface area contributed by atoms with Gasteiger partial charge in [-0.25, -0.2) is 4.68 Å². The van der Waals surface area contributed by atoms with Crippen molar-refractivity contribution in [2.24, 2.45) is 0 Å². The van der Waals surface area contributed by atoms with Crippen LogP contribution in [0.25, 0.3) is 17.0 Å². The Morgan fingerprint density at radius 1 is 1.44 bits per heavy atom. The maximum absolute atomic E-state index is 5.83. The van der Waals surface area contributed by atoms with Crippen LogP contribution in [0.2, 0.25) is 0 Å². The first-order chi connectivity index (χ1) is 8.79. The van der Waals surface area contributed by atoms with Crippen molar-refractivity contribution < 1.29 is 4.74 Å². The van der Waals surface area contributed by atoms with E-state index in [-0.39, 0.29) is 6.23 Å². The molecular formula is C14H15IN2O. The topological polar surface area (TPSA) is 27.1 Å². The zero-order valence-electron chi connectivity index (χ0n) is 10.1. The number of hydrogen-bond donors (Lipinski definition) is 0. The highest BCUT2D eigenvalue weighted by Gasteiger charge is 2.20. The van der Waals surface area contributed by atoms with Crippen molar-refractivity contribution in [2.75, 3.05) is 6.61 Å². The predicted molar refractivity (Wildman–Crippen MR) is 81.4 cm³/mol. The molecule has 1 aliphatic heterocycles. The summed E-state index contributed by atoms with van der Waals surface area (Å²) >= 11 is 2.29. The first-order valence-corrected chi connectivity index (χ1v) is 7.29. The monoisotopic (exact) mass is 354 g/mol. The van der Waals surface area contributed by atoms with Crippen LogP contribution < -0.4 is 0 Å². The second-order valence-corrected chi connectivity index (χ2v) is 5.56. The van der Waals surface area contributed by atoms with Crippen molar-refractivity contribution in [2.45, 2.75) is 25.5 Å². The molecule has 0 N–H and O–H groups in total. The Kier molecular flexibility index (Phi) is 3.39. The molecule has 1 unspecified atom stereocenters. The predicted octanol–water partition coefficient (Wildman–Crippen LogP) is 3.98. The van der Waals surface area contributed by atoms with Crippen LogP contribution in [0, 0.1) is 3.70 Å². The molecule has 3 rings (SSSR count). The average Bonchev–Trinajstić information content (AvgIpc) is 2.76. The minimum Gasteiger partial charge on any atom is -0.356 e. The fourth-order valence-electron chi connectivity index (χ4n) is 2.38. The Morgan fingerprint density at radius 3 is 3.06 bits per heavy atom. The zero-order chi connectivity index (χ0) is 12.5. The number of hydrogen-bond acceptors (Lipinski definition) is 2. The molecular weight excluding hydrogens is 339 g/mol. The Balaban J connectivity index is 2.12. The number of rotatable bonds is 2. The highest BCUT2D eigenvalue weighted by molar-refractivity contribution is 14.1. The highest BCUT2D eigenvalue weighted by atomic mass is 127. The summed E-state index contributed by atoms with van der Waals surface area (Å²) in [7, 11) is 0. The fourth-order valence-corrected chi connectivity index (χ4v) is 3.07. The molecule has 0 radical (unpaired) electrons. The van der Waals surface area contributed by atoms with Crippen LogP contribution in [-0.2, 0) is 4.74 Å². The van der Waals surface area contributed by atoms with Gasteiger partial charge in [0.05, 0.1) is 5.52 Å². The minimum absolute atomic E-state index is 0.0878. The number of ether oxygens (including phenoxy) is 1. The molecule has 2 aromatic rings. The molecule has 0 amide bonds. The molecule has 0 spiro atoms. The lowest BCUT2D eigenvalue weighted by atomic mass is 10.1. The van der Waals surface area contributed by atoms with Crippen LogP contribution in [0.15, 0.2) is 24.8 Å². The zero-order valence-corrected chi connectivity index (χ0v) is 12.3. The normalized spacial score (nSPS) is 20.2. The average molecular weight is 354 g/mol. The van der Waals surface area contributed by atoms with E-state index in [1.165, 1.54) is 11.8 Å². The first kappa shape index (κ1) is 12.2. The van der Waals surface area contributed by atoms with E-state index >= 15 is 0 Å². The second kappa shape index (κ2) is 5.01. The SMILES string of the molecule is C=Cc1ccc2c(I)nn(C3CCCCO3)c2c1. The summed E-state index contributed by atoms with van der Waals surface area (Å²) in [5.74, 6) is 0. The van der Waals surface area contributed by atoms with Crippen molar-refractivity contribution in [3.63, 3.8) is 0 Å². The van der Waals surface area contributed by atoms with Gasteiger partial charge in [-0.3, -0.25) is 0 Å². The lowest BCUT2D eigenvalue weighted by Crippen LogP contribution is -2.19. The number of halogens is 1. The van der Waals surface area contributed by atoms with E-state index in [0.717, 1.165) is 34.2 Å². The maximum Gasteiger partial charge on any atom is 0.150 e. The summed E-state index contributed by atoms with van der Waals surface area (Å²) in [6.45, 7) is 4.66. The minimum atomic E-state index is 0.0878. The largest absolute Gasteiger partial charge is 0.356 e. The van der Waals surface area contributed by atoms with Gasteiger partial charge in [0.15, 0.2) is 6.23 Å². The molecule has 2 heterocycles. The van der Waals surface area contributed by atoms with Gasteiger partial charge in [0, 0.05) is 12.0 Å². The van der Waals surface area contributed by atoms with Gasteiger partial charge in [0.25, 0.3) is 0 Å². The third-order valence-corrected chi connectivity index (χ3v) is 4.15. The molecule has 3 nitrogen and oxygen atoms in total. The smallest absolute Gasteiger partial charge is 0.150 e. The number of benzene rings is 1. The van der Waals surface area contributed by atoms with Crippen LogP contribution in [0.3, 0.4) is 0 Å². The van der Waals surface area contributed by atoms with Gasteiger partial charge >= 0.3 is 0 Å². The lowest BCUT2D eigenvalue weighted by molar-refractivity contribution is -0.0368. The van der Waals surface area contributed by atoms with Gasteiger partial charge in [0.2, 0.25) is 0 Å². The van der Waals surface area contributed by atoms with Crippen molar-refractivity contribution in [1.82, 2.24) is 9.78 Å². The van der Waals surface area contributed by atoms with Crippen LogP contribution in [0.4, 0.5) is 0 Å². The van der Waals surface area contributed by atoms with E-state index in [1.807, 2.05) is 10.8 Å². The number of fused-ring (bicyclic) bond motifs is 1. The van der Waals surface area contributed by atoms with Gasteiger partial charge in [-0.1, -0.05) is 18.7 Å². The fraction of sp³-hybridized carbons (Fsp3) is 0.357. The van der Waals surface area contributed by atoms with Crippen molar-refractivity contribution in [1.29, 1.82) is 0 Å². The standard InChI is InChI=1S/C14H15IN2O/c1-2-10-6-7-11-12(9-10)17(16-14(11)15)13-5-3-4-8-18-13/h2,6-7,9,13H,1,3-5,8H2. The quantitative estimate of drug-likeness (QED) is 0.763. The molecule has 18 heavy (non-hydrogen) atoms. The molecule has 4 heteroatoms. The van der Waals surface area contributed by atoms with Crippen LogP contribution >= 0.6 is 22.6 Å². The molecule has 1 atom stereocenters. The molecule has 94 valence electrons. The third kappa shape index (κ3) is 2.07. The van der Waals surface area contributed by atoms with Gasteiger partial charge in [-0.05, 0) is 59.5 Å². The van der Waals surface area contributed by atoms with Gasteiger partial charge in [0.1, 0.15) is 3.70 Å². The molecule has 1 aromatic carbocycles. The summed E-state index contributed by atoms with van der Waals surface area (Å²) < 4.78 is 8.90. The van der Waals surface area contributed by atoms with Gasteiger partial charge in [-0.2, -0.15) is 5.10 Å². The van der Waals surface area contributed by atoms with Crippen LogP contribution in [-0.4, -0.2) is 16.4 Å². The maximum atomic E-state index is 5.83. The number of nitrogens with zero attached hydrogens (tertiary/aromatic N) is 2. The molecule has 1 aliphatic rings. The Morgan fingerprint density at radius 2 is 2.33 bits per heavy atom. The Labute approximate surface area is 120 Å². The summed E-state index contributed by atoms with van der Waals surface area (Å²) in [5.41, 5.74) is 2.26.